The average Bonchev–Trinajstić information content (AvgIpc) is 3.90. The van der Waals surface area contributed by atoms with Crippen molar-refractivity contribution in [3.63, 3.8) is 0 Å². The lowest BCUT2D eigenvalue weighted by atomic mass is 9.95. The normalized spacial score (nSPS) is 11.6. The molecular formula is C58H37NO2. The molecule has 0 aliphatic carbocycles. The predicted molar refractivity (Wildman–Crippen MR) is 255 cm³/mol. The Morgan fingerprint density at radius 1 is 0.230 bits per heavy atom. The van der Waals surface area contributed by atoms with Gasteiger partial charge in [-0.15, -0.1) is 0 Å². The second-order valence-electron chi connectivity index (χ2n) is 15.7. The van der Waals surface area contributed by atoms with E-state index in [0.717, 1.165) is 77.6 Å². The Kier molecular flexibility index (Phi) is 8.17. The van der Waals surface area contributed by atoms with Crippen molar-refractivity contribution in [3.8, 4) is 44.5 Å². The molecule has 0 saturated carbocycles. The van der Waals surface area contributed by atoms with Crippen LogP contribution >= 0.6 is 0 Å². The number of benzene rings is 10. The molecule has 3 heteroatoms. The van der Waals surface area contributed by atoms with Crippen LogP contribution in [0.2, 0.25) is 0 Å². The van der Waals surface area contributed by atoms with Crippen molar-refractivity contribution in [1.82, 2.24) is 0 Å². The molecule has 0 bridgehead atoms. The number of para-hydroxylation sites is 2. The van der Waals surface area contributed by atoms with Crippen LogP contribution in [-0.2, 0) is 0 Å². The fourth-order valence-electron chi connectivity index (χ4n) is 8.94. The molecule has 12 aromatic rings. The smallest absolute Gasteiger partial charge is 0.136 e. The summed E-state index contributed by atoms with van der Waals surface area (Å²) < 4.78 is 12.5. The van der Waals surface area contributed by atoms with Crippen LogP contribution in [0.1, 0.15) is 0 Å². The molecule has 0 fully saturated rings. The molecule has 3 nitrogen and oxygen atoms in total. The standard InChI is InChI=1S/C58H37NO2/c1-2-10-41-34-46(20-19-38(41)9-1)45-14-8-13-44(35-45)43-12-7-11-42(33-43)39-21-26-48(27-22-39)59(50-30-32-57-54(37-50)52-16-4-6-18-56(52)60-57)49-28-23-40(24-29-49)47-25-31-53-51-15-3-5-17-55(51)61-58(53)36-47/h1-37H. The molecule has 2 aromatic heterocycles. The van der Waals surface area contributed by atoms with Crippen molar-refractivity contribution in [2.24, 2.45) is 0 Å². The van der Waals surface area contributed by atoms with Gasteiger partial charge < -0.3 is 13.7 Å². The first-order valence-corrected chi connectivity index (χ1v) is 20.7. The lowest BCUT2D eigenvalue weighted by molar-refractivity contribution is 0.668. The minimum absolute atomic E-state index is 0.874. The summed E-state index contributed by atoms with van der Waals surface area (Å²) >= 11 is 0. The molecule has 0 atom stereocenters. The van der Waals surface area contributed by atoms with E-state index in [1.165, 1.54) is 38.6 Å². The predicted octanol–water partition coefficient (Wildman–Crippen LogP) is 16.8. The molecule has 0 radical (unpaired) electrons. The van der Waals surface area contributed by atoms with Crippen molar-refractivity contribution in [2.75, 3.05) is 4.90 Å². The van der Waals surface area contributed by atoms with Gasteiger partial charge in [-0.3, -0.25) is 0 Å². The highest BCUT2D eigenvalue weighted by molar-refractivity contribution is 6.07. The number of anilines is 3. The molecule has 10 aromatic carbocycles. The molecule has 0 aliphatic rings. The first-order chi connectivity index (χ1) is 30.2. The summed E-state index contributed by atoms with van der Waals surface area (Å²) in [7, 11) is 0. The zero-order valence-corrected chi connectivity index (χ0v) is 33.1. The van der Waals surface area contributed by atoms with Gasteiger partial charge in [0.2, 0.25) is 0 Å². The number of furan rings is 2. The largest absolute Gasteiger partial charge is 0.456 e. The van der Waals surface area contributed by atoms with Crippen LogP contribution in [0.3, 0.4) is 0 Å². The Morgan fingerprint density at radius 2 is 0.672 bits per heavy atom. The fourth-order valence-corrected chi connectivity index (χ4v) is 8.94. The average molecular weight is 780 g/mol. The van der Waals surface area contributed by atoms with Crippen LogP contribution < -0.4 is 4.90 Å². The Balaban J connectivity index is 0.894. The summed E-state index contributed by atoms with van der Waals surface area (Å²) in [4.78, 5) is 2.33. The van der Waals surface area contributed by atoms with E-state index in [1.54, 1.807) is 0 Å². The summed E-state index contributed by atoms with van der Waals surface area (Å²) in [6.45, 7) is 0. The van der Waals surface area contributed by atoms with Crippen molar-refractivity contribution < 1.29 is 8.83 Å². The van der Waals surface area contributed by atoms with E-state index in [0.29, 0.717) is 0 Å². The highest BCUT2D eigenvalue weighted by Gasteiger charge is 2.17. The molecule has 12 rings (SSSR count). The van der Waals surface area contributed by atoms with Gasteiger partial charge in [-0.1, -0.05) is 140 Å². The molecular weight excluding hydrogens is 743 g/mol. The van der Waals surface area contributed by atoms with Gasteiger partial charge in [-0.2, -0.15) is 0 Å². The number of nitrogens with zero attached hydrogens (tertiary/aromatic N) is 1. The number of hydrogen-bond donors (Lipinski definition) is 0. The summed E-state index contributed by atoms with van der Waals surface area (Å²) in [5.74, 6) is 0. The van der Waals surface area contributed by atoms with Gasteiger partial charge in [0.25, 0.3) is 0 Å². The van der Waals surface area contributed by atoms with E-state index in [2.05, 4.69) is 205 Å². The van der Waals surface area contributed by atoms with Crippen LogP contribution in [0, 0.1) is 0 Å². The van der Waals surface area contributed by atoms with E-state index in [4.69, 9.17) is 8.83 Å². The Bertz CT molecular complexity index is 3590. The van der Waals surface area contributed by atoms with Crippen LogP contribution in [0.15, 0.2) is 233 Å². The van der Waals surface area contributed by atoms with Crippen molar-refractivity contribution in [2.45, 2.75) is 0 Å². The maximum atomic E-state index is 6.24. The maximum absolute atomic E-state index is 6.24. The molecule has 0 aliphatic heterocycles. The summed E-state index contributed by atoms with van der Waals surface area (Å²) in [6.07, 6.45) is 0. The lowest BCUT2D eigenvalue weighted by Crippen LogP contribution is -2.09. The van der Waals surface area contributed by atoms with Crippen LogP contribution in [0.5, 0.6) is 0 Å². The maximum Gasteiger partial charge on any atom is 0.136 e. The highest BCUT2D eigenvalue weighted by Crippen LogP contribution is 2.41. The molecule has 0 saturated heterocycles. The minimum atomic E-state index is 0.874. The third-order valence-corrected chi connectivity index (χ3v) is 12.1. The van der Waals surface area contributed by atoms with E-state index in [-0.39, 0.29) is 0 Å². The van der Waals surface area contributed by atoms with Crippen molar-refractivity contribution in [3.05, 3.63) is 224 Å². The Hall–Kier alpha value is -8.14. The summed E-state index contributed by atoms with van der Waals surface area (Å²) in [5, 5.41) is 6.97. The summed E-state index contributed by atoms with van der Waals surface area (Å²) in [5.41, 5.74) is 16.1. The highest BCUT2D eigenvalue weighted by atomic mass is 16.3. The molecule has 0 N–H and O–H groups in total. The zero-order valence-electron chi connectivity index (χ0n) is 33.1. The third-order valence-electron chi connectivity index (χ3n) is 12.1. The van der Waals surface area contributed by atoms with Crippen LogP contribution in [0.4, 0.5) is 17.1 Å². The first kappa shape index (κ1) is 34.9. The second kappa shape index (κ2) is 14.3. The van der Waals surface area contributed by atoms with Gasteiger partial charge >= 0.3 is 0 Å². The van der Waals surface area contributed by atoms with Gasteiger partial charge in [0, 0.05) is 38.6 Å². The lowest BCUT2D eigenvalue weighted by Gasteiger charge is -2.26. The molecule has 2 heterocycles. The van der Waals surface area contributed by atoms with Crippen molar-refractivity contribution in [1.29, 1.82) is 0 Å². The second-order valence-corrected chi connectivity index (χ2v) is 15.7. The molecule has 0 spiro atoms. The number of hydrogen-bond acceptors (Lipinski definition) is 3. The SMILES string of the molecule is c1cc(-c2ccc(N(c3ccc(-c4ccc5c(c4)oc4ccccc45)cc3)c3ccc4oc5ccccc5c4c3)cc2)cc(-c2cccc(-c3ccc4ccccc4c3)c2)c1. The van der Waals surface area contributed by atoms with Crippen LogP contribution in [-0.4, -0.2) is 0 Å². The molecule has 61 heavy (non-hydrogen) atoms. The minimum Gasteiger partial charge on any atom is -0.456 e. The van der Waals surface area contributed by atoms with Gasteiger partial charge in [-0.25, -0.2) is 0 Å². The van der Waals surface area contributed by atoms with E-state index in [9.17, 15) is 0 Å². The third kappa shape index (κ3) is 6.23. The zero-order chi connectivity index (χ0) is 40.3. The van der Waals surface area contributed by atoms with Gasteiger partial charge in [-0.05, 0) is 140 Å². The summed E-state index contributed by atoms with van der Waals surface area (Å²) in [6, 6.07) is 80.1. The molecule has 0 unspecified atom stereocenters. The van der Waals surface area contributed by atoms with E-state index >= 15 is 0 Å². The Labute approximate surface area is 353 Å². The quantitative estimate of drug-likeness (QED) is 0.161. The molecule has 286 valence electrons. The number of rotatable bonds is 7. The van der Waals surface area contributed by atoms with Gasteiger partial charge in [0.15, 0.2) is 0 Å². The molecule has 0 amide bonds. The first-order valence-electron chi connectivity index (χ1n) is 20.7. The fraction of sp³-hybridized carbons (Fsp3) is 0. The van der Waals surface area contributed by atoms with Crippen molar-refractivity contribution >= 4 is 71.7 Å². The van der Waals surface area contributed by atoms with Gasteiger partial charge in [0.1, 0.15) is 22.3 Å². The Morgan fingerprint density at radius 3 is 1.33 bits per heavy atom. The van der Waals surface area contributed by atoms with E-state index < -0.39 is 0 Å². The topological polar surface area (TPSA) is 29.5 Å². The van der Waals surface area contributed by atoms with Gasteiger partial charge in [0.05, 0.1) is 0 Å². The number of fused-ring (bicyclic) bond motifs is 7. The van der Waals surface area contributed by atoms with E-state index in [1.807, 2.05) is 24.3 Å². The van der Waals surface area contributed by atoms with Crippen LogP contribution in [0.25, 0.3) is 99.2 Å². The monoisotopic (exact) mass is 779 g/mol.